The first-order chi connectivity index (χ1) is 12.8. The summed E-state index contributed by atoms with van der Waals surface area (Å²) in [5.74, 6) is -0.762. The molecule has 1 N–H and O–H groups in total. The van der Waals surface area contributed by atoms with Crippen LogP contribution in [0.4, 0.5) is 5.82 Å². The second-order valence-electron chi connectivity index (χ2n) is 6.69. The average molecular weight is 395 g/mol. The van der Waals surface area contributed by atoms with Gasteiger partial charge >= 0.3 is 16.9 Å². The number of benzene rings is 1. The maximum absolute atomic E-state index is 11.9. The van der Waals surface area contributed by atoms with Gasteiger partial charge in [0.2, 0.25) is 0 Å². The van der Waals surface area contributed by atoms with Crippen LogP contribution in [0.1, 0.15) is 26.2 Å². The molecule has 1 unspecified atom stereocenters. The maximum atomic E-state index is 11.9. The molecule has 0 aliphatic heterocycles. The van der Waals surface area contributed by atoms with Crippen LogP contribution < -0.4 is 5.76 Å². The number of fused-ring (bicyclic) bond motifs is 1. The second-order valence-corrected chi connectivity index (χ2v) is 7.03. The molecule has 144 valence electrons. The Bertz CT molecular complexity index is 1020. The summed E-state index contributed by atoms with van der Waals surface area (Å²) in [6.07, 6.45) is 2.94. The third-order valence-corrected chi connectivity index (χ3v) is 4.64. The fraction of sp³-hybridized carbons (Fsp3) is 0.412. The molecule has 0 aliphatic rings. The number of aryl methyl sites for hydroxylation is 1. The highest BCUT2D eigenvalue weighted by Crippen LogP contribution is 2.22. The molecular weight excluding hydrogens is 376 g/mol. The van der Waals surface area contributed by atoms with Crippen LogP contribution in [0.25, 0.3) is 11.1 Å². The standard InChI is InChI=1S/C17H19ClN4O5/c1-17(24,11-20-10-14(22(25)26)19-15(20)18)8-4-5-9-21-12-6-2-3-7-13(12)27-16(21)23/h2-3,6-7,10,24H,4-5,8-9,11H2,1H3. The first-order valence-corrected chi connectivity index (χ1v) is 8.82. The summed E-state index contributed by atoms with van der Waals surface area (Å²) in [6.45, 7) is 2.19. The number of hydrogen-bond donors (Lipinski definition) is 1. The quantitative estimate of drug-likeness (QED) is 0.356. The lowest BCUT2D eigenvalue weighted by Crippen LogP contribution is -2.30. The molecule has 1 atom stereocenters. The highest BCUT2D eigenvalue weighted by Gasteiger charge is 2.25. The smallest absolute Gasteiger partial charge is 0.408 e. The molecular formula is C17H19ClN4O5. The summed E-state index contributed by atoms with van der Waals surface area (Å²) in [7, 11) is 0. The lowest BCUT2D eigenvalue weighted by atomic mass is 9.99. The molecule has 0 saturated heterocycles. The number of unbranched alkanes of at least 4 members (excludes halogenated alkanes) is 1. The van der Waals surface area contributed by atoms with E-state index in [-0.39, 0.29) is 17.6 Å². The third kappa shape index (κ3) is 4.37. The molecule has 0 bridgehead atoms. The van der Waals surface area contributed by atoms with E-state index < -0.39 is 16.3 Å². The van der Waals surface area contributed by atoms with Gasteiger partial charge in [0, 0.05) is 6.54 Å². The van der Waals surface area contributed by atoms with Gasteiger partial charge in [-0.3, -0.25) is 9.13 Å². The van der Waals surface area contributed by atoms with Gasteiger partial charge < -0.3 is 19.6 Å². The van der Waals surface area contributed by atoms with Gasteiger partial charge in [-0.05, 0) is 59.8 Å². The van der Waals surface area contributed by atoms with Crippen LogP contribution in [0.2, 0.25) is 5.28 Å². The van der Waals surface area contributed by atoms with Gasteiger partial charge in [-0.1, -0.05) is 12.1 Å². The maximum Gasteiger partial charge on any atom is 0.419 e. The minimum absolute atomic E-state index is 0.0432. The van der Waals surface area contributed by atoms with E-state index >= 15 is 0 Å². The summed E-state index contributed by atoms with van der Waals surface area (Å²) >= 11 is 5.88. The van der Waals surface area contributed by atoms with Crippen LogP contribution >= 0.6 is 11.6 Å². The first kappa shape index (κ1) is 19.1. The Labute approximate surface area is 158 Å². The van der Waals surface area contributed by atoms with Crippen molar-refractivity contribution in [3.63, 3.8) is 0 Å². The second kappa shape index (κ2) is 7.53. The average Bonchev–Trinajstić information content (AvgIpc) is 3.11. The summed E-state index contributed by atoms with van der Waals surface area (Å²) < 4.78 is 8.11. The van der Waals surface area contributed by atoms with E-state index in [2.05, 4.69) is 4.98 Å². The highest BCUT2D eigenvalue weighted by molar-refractivity contribution is 6.28. The van der Waals surface area contributed by atoms with E-state index in [0.717, 1.165) is 5.52 Å². The van der Waals surface area contributed by atoms with Crippen molar-refractivity contribution in [2.24, 2.45) is 0 Å². The zero-order chi connectivity index (χ0) is 19.6. The number of imidazole rings is 1. The van der Waals surface area contributed by atoms with E-state index in [9.17, 15) is 20.0 Å². The Morgan fingerprint density at radius 1 is 1.37 bits per heavy atom. The van der Waals surface area contributed by atoms with Crippen LogP contribution in [0.3, 0.4) is 0 Å². The highest BCUT2D eigenvalue weighted by atomic mass is 35.5. The van der Waals surface area contributed by atoms with Crippen LogP contribution in [0.15, 0.2) is 39.7 Å². The predicted molar refractivity (Wildman–Crippen MR) is 98.8 cm³/mol. The van der Waals surface area contributed by atoms with Crippen molar-refractivity contribution in [3.8, 4) is 0 Å². The van der Waals surface area contributed by atoms with Crippen LogP contribution in [0, 0.1) is 10.1 Å². The van der Waals surface area contributed by atoms with E-state index in [0.29, 0.717) is 31.4 Å². The molecule has 0 radical (unpaired) electrons. The van der Waals surface area contributed by atoms with Gasteiger partial charge in [-0.25, -0.2) is 4.79 Å². The van der Waals surface area contributed by atoms with Crippen molar-refractivity contribution in [1.29, 1.82) is 0 Å². The molecule has 27 heavy (non-hydrogen) atoms. The summed E-state index contributed by atoms with van der Waals surface area (Å²) in [5.41, 5.74) is 0.166. The molecule has 9 nitrogen and oxygen atoms in total. The van der Waals surface area contributed by atoms with Gasteiger partial charge in [0.05, 0.1) is 17.7 Å². The number of nitrogens with zero attached hydrogens (tertiary/aromatic N) is 4. The Morgan fingerprint density at radius 3 is 2.81 bits per heavy atom. The lowest BCUT2D eigenvalue weighted by Gasteiger charge is -2.23. The SMILES string of the molecule is CC(O)(CCCCn1c(=O)oc2ccccc21)Cn1cc([N+](=O)[O-])nc1Cl. The molecule has 1 aromatic carbocycles. The van der Waals surface area contributed by atoms with E-state index in [1.807, 2.05) is 12.1 Å². The number of nitro groups is 1. The van der Waals surface area contributed by atoms with Crippen molar-refractivity contribution >= 4 is 28.5 Å². The third-order valence-electron chi connectivity index (χ3n) is 4.33. The normalized spacial score (nSPS) is 13.7. The Morgan fingerprint density at radius 2 is 2.11 bits per heavy atom. The Balaban J connectivity index is 1.57. The van der Waals surface area contributed by atoms with Gasteiger partial charge in [0.15, 0.2) is 5.58 Å². The van der Waals surface area contributed by atoms with E-state index in [4.69, 9.17) is 16.0 Å². The number of aliphatic hydroxyl groups is 1. The van der Waals surface area contributed by atoms with Crippen LogP contribution in [-0.2, 0) is 13.1 Å². The molecule has 0 fully saturated rings. The van der Waals surface area contributed by atoms with Gasteiger partial charge in [0.25, 0.3) is 0 Å². The van der Waals surface area contributed by atoms with E-state index in [1.165, 1.54) is 10.8 Å². The molecule has 10 heteroatoms. The predicted octanol–water partition coefficient (Wildman–Crippen LogP) is 2.97. The zero-order valence-corrected chi connectivity index (χ0v) is 15.4. The first-order valence-electron chi connectivity index (χ1n) is 8.45. The van der Waals surface area contributed by atoms with Crippen LogP contribution in [-0.4, -0.2) is 29.7 Å². The number of rotatable bonds is 8. The molecule has 2 aromatic heterocycles. The van der Waals surface area contributed by atoms with Crippen molar-refractivity contribution in [3.05, 3.63) is 56.4 Å². The number of oxazole rings is 1. The number of aromatic nitrogens is 3. The van der Waals surface area contributed by atoms with Crippen LogP contribution in [0.5, 0.6) is 0 Å². The van der Waals surface area contributed by atoms with Crippen molar-refractivity contribution in [1.82, 2.24) is 14.1 Å². The molecule has 3 rings (SSSR count). The lowest BCUT2D eigenvalue weighted by molar-refractivity contribution is -0.389. The molecule has 0 aliphatic carbocycles. The molecule has 0 spiro atoms. The fourth-order valence-electron chi connectivity index (χ4n) is 3.03. The van der Waals surface area contributed by atoms with Gasteiger partial charge in [-0.2, -0.15) is 0 Å². The summed E-state index contributed by atoms with van der Waals surface area (Å²) in [4.78, 5) is 25.7. The minimum Gasteiger partial charge on any atom is -0.408 e. The largest absolute Gasteiger partial charge is 0.419 e. The molecule has 0 saturated carbocycles. The Hall–Kier alpha value is -2.65. The molecule has 0 amide bonds. The zero-order valence-electron chi connectivity index (χ0n) is 14.7. The topological polar surface area (TPSA) is 116 Å². The van der Waals surface area contributed by atoms with Gasteiger partial charge in [0.1, 0.15) is 6.20 Å². The molecule has 3 aromatic rings. The number of hydrogen-bond acceptors (Lipinski definition) is 6. The van der Waals surface area contributed by atoms with Crippen molar-refractivity contribution in [2.75, 3.05) is 0 Å². The number of halogens is 1. The number of para-hydroxylation sites is 2. The van der Waals surface area contributed by atoms with Crippen molar-refractivity contribution in [2.45, 2.75) is 44.9 Å². The van der Waals surface area contributed by atoms with E-state index in [1.54, 1.807) is 23.6 Å². The summed E-state index contributed by atoms with van der Waals surface area (Å²) in [5, 5.41) is 21.3. The molecule has 2 heterocycles. The summed E-state index contributed by atoms with van der Waals surface area (Å²) in [6, 6.07) is 7.21. The van der Waals surface area contributed by atoms with Crippen molar-refractivity contribution < 1.29 is 14.4 Å². The monoisotopic (exact) mass is 394 g/mol. The fourth-order valence-corrected chi connectivity index (χ4v) is 3.22. The minimum atomic E-state index is -1.12. The Kier molecular flexibility index (Phi) is 5.33. The van der Waals surface area contributed by atoms with Gasteiger partial charge in [-0.15, -0.1) is 0 Å².